The molecule has 0 aliphatic heterocycles. The summed E-state index contributed by atoms with van der Waals surface area (Å²) in [6, 6.07) is 13.2. The van der Waals surface area contributed by atoms with Crippen molar-refractivity contribution in [1.29, 1.82) is 0 Å². The van der Waals surface area contributed by atoms with Crippen LogP contribution < -0.4 is 5.32 Å². The van der Waals surface area contributed by atoms with Crippen molar-refractivity contribution in [2.75, 3.05) is 0 Å². The number of imidazole rings is 1. The summed E-state index contributed by atoms with van der Waals surface area (Å²) < 4.78 is 2.03. The van der Waals surface area contributed by atoms with E-state index in [0.29, 0.717) is 30.6 Å². The van der Waals surface area contributed by atoms with Gasteiger partial charge < -0.3 is 15.0 Å². The van der Waals surface area contributed by atoms with Crippen molar-refractivity contribution in [3.05, 3.63) is 71.9 Å². The highest BCUT2D eigenvalue weighted by Gasteiger charge is 2.36. The van der Waals surface area contributed by atoms with Gasteiger partial charge in [-0.1, -0.05) is 0 Å². The molecule has 0 spiro atoms. The van der Waals surface area contributed by atoms with Crippen LogP contribution in [0.25, 0.3) is 33.3 Å². The van der Waals surface area contributed by atoms with Gasteiger partial charge in [-0.15, -0.1) is 0 Å². The molecule has 3 N–H and O–H groups in total. The number of rotatable bonds is 5. The first-order valence-corrected chi connectivity index (χ1v) is 12.6. The van der Waals surface area contributed by atoms with Crippen LogP contribution in [-0.2, 0) is 6.54 Å². The van der Waals surface area contributed by atoms with E-state index in [0.717, 1.165) is 52.0 Å². The molecule has 2 unspecified atom stereocenters. The van der Waals surface area contributed by atoms with Gasteiger partial charge in [-0.25, -0.2) is 9.97 Å². The summed E-state index contributed by atoms with van der Waals surface area (Å²) >= 11 is 0. The zero-order valence-electron chi connectivity index (χ0n) is 20.9. The summed E-state index contributed by atoms with van der Waals surface area (Å²) in [5, 5.41) is 23.1. The number of H-pyrrole nitrogens is 1. The predicted octanol–water partition coefficient (Wildman–Crippen LogP) is 4.09. The van der Waals surface area contributed by atoms with Crippen molar-refractivity contribution in [3.63, 3.8) is 0 Å². The average molecular weight is 496 g/mol. The normalized spacial score (nSPS) is 19.9. The second kappa shape index (κ2) is 9.08. The fraction of sp³-hybridized carbons (Fsp3) is 0.321. The second-order valence-corrected chi connectivity index (χ2v) is 10.1. The number of carbonyl (C=O) groups excluding carboxylic acids is 1. The molecule has 0 bridgehead atoms. The number of fused-ring (bicyclic) bond motifs is 2. The molecule has 5 aromatic rings. The average Bonchev–Trinajstić information content (AvgIpc) is 3.44. The molecule has 188 valence electrons. The predicted molar refractivity (Wildman–Crippen MR) is 141 cm³/mol. The van der Waals surface area contributed by atoms with Crippen LogP contribution in [0, 0.1) is 13.8 Å². The number of benzene rings is 1. The molecule has 1 aromatic carbocycles. The van der Waals surface area contributed by atoms with Crippen LogP contribution in [0.2, 0.25) is 0 Å². The third kappa shape index (κ3) is 4.46. The number of hydrogen-bond donors (Lipinski definition) is 3. The quantitative estimate of drug-likeness (QED) is 0.338. The number of nitrogens with one attached hydrogen (secondary N) is 2. The molecular formula is C28H29N7O2. The molecule has 9 nitrogen and oxygen atoms in total. The summed E-state index contributed by atoms with van der Waals surface area (Å²) in [4.78, 5) is 26.4. The Hall–Kier alpha value is -4.11. The van der Waals surface area contributed by atoms with Gasteiger partial charge in [0.25, 0.3) is 5.91 Å². The van der Waals surface area contributed by atoms with Crippen molar-refractivity contribution in [2.45, 2.75) is 57.7 Å². The Morgan fingerprint density at radius 3 is 2.95 bits per heavy atom. The zero-order chi connectivity index (χ0) is 25.6. The molecule has 0 radical (unpaired) electrons. The zero-order valence-corrected chi connectivity index (χ0v) is 20.9. The van der Waals surface area contributed by atoms with Gasteiger partial charge in [-0.05, 0) is 82.0 Å². The van der Waals surface area contributed by atoms with E-state index in [-0.39, 0.29) is 11.9 Å². The Kier molecular flexibility index (Phi) is 5.72. The fourth-order valence-electron chi connectivity index (χ4n) is 5.51. The van der Waals surface area contributed by atoms with Gasteiger partial charge in [0.05, 0.1) is 23.2 Å². The number of aromatic amines is 1. The Morgan fingerprint density at radius 1 is 1.19 bits per heavy atom. The maximum absolute atomic E-state index is 13.3. The molecular weight excluding hydrogens is 466 g/mol. The Bertz CT molecular complexity index is 1620. The number of amides is 1. The van der Waals surface area contributed by atoms with E-state index in [1.54, 1.807) is 18.5 Å². The third-order valence-corrected chi connectivity index (χ3v) is 7.32. The van der Waals surface area contributed by atoms with Crippen molar-refractivity contribution < 1.29 is 9.90 Å². The minimum Gasteiger partial charge on any atom is -0.388 e. The van der Waals surface area contributed by atoms with Crippen molar-refractivity contribution in [1.82, 2.24) is 35.0 Å². The second-order valence-electron chi connectivity index (χ2n) is 10.1. The van der Waals surface area contributed by atoms with Gasteiger partial charge in [-0.3, -0.25) is 14.9 Å². The SMILES string of the molecule is Cc1cc(-c2n[nH]c3ccc(C(=O)NC4CCCC(O)(Cn5c(C)nc6ncccc65)C4)cc23)ccn1. The molecule has 2 atom stereocenters. The summed E-state index contributed by atoms with van der Waals surface area (Å²) in [5.74, 6) is 0.671. The summed E-state index contributed by atoms with van der Waals surface area (Å²) in [6.07, 6.45) is 6.30. The lowest BCUT2D eigenvalue weighted by Crippen LogP contribution is -2.47. The van der Waals surface area contributed by atoms with Gasteiger partial charge >= 0.3 is 0 Å². The first-order valence-electron chi connectivity index (χ1n) is 12.6. The monoisotopic (exact) mass is 495 g/mol. The van der Waals surface area contributed by atoms with Crippen LogP contribution in [0.1, 0.15) is 47.6 Å². The molecule has 0 saturated heterocycles. The molecule has 1 amide bonds. The molecule has 37 heavy (non-hydrogen) atoms. The molecule has 1 saturated carbocycles. The van der Waals surface area contributed by atoms with Crippen molar-refractivity contribution in [2.24, 2.45) is 0 Å². The number of aromatic nitrogens is 6. The molecule has 1 fully saturated rings. The van der Waals surface area contributed by atoms with Gasteiger partial charge in [0, 0.05) is 40.6 Å². The topological polar surface area (TPSA) is 122 Å². The Balaban J connectivity index is 1.21. The highest BCUT2D eigenvalue weighted by molar-refractivity contribution is 6.01. The van der Waals surface area contributed by atoms with E-state index in [1.807, 2.05) is 54.8 Å². The highest BCUT2D eigenvalue weighted by atomic mass is 16.3. The van der Waals surface area contributed by atoms with Gasteiger partial charge in [0.15, 0.2) is 5.65 Å². The van der Waals surface area contributed by atoms with E-state index < -0.39 is 5.60 Å². The van der Waals surface area contributed by atoms with Gasteiger partial charge in [0.1, 0.15) is 11.5 Å². The van der Waals surface area contributed by atoms with E-state index >= 15 is 0 Å². The summed E-state index contributed by atoms with van der Waals surface area (Å²) in [6.45, 7) is 4.29. The molecule has 9 heteroatoms. The van der Waals surface area contributed by atoms with Crippen LogP contribution in [0.4, 0.5) is 0 Å². The van der Waals surface area contributed by atoms with E-state index in [1.165, 1.54) is 0 Å². The minimum atomic E-state index is -0.939. The lowest BCUT2D eigenvalue weighted by molar-refractivity contribution is -0.0207. The smallest absolute Gasteiger partial charge is 0.251 e. The number of pyridine rings is 2. The lowest BCUT2D eigenvalue weighted by atomic mass is 9.81. The fourth-order valence-corrected chi connectivity index (χ4v) is 5.51. The highest BCUT2D eigenvalue weighted by Crippen LogP contribution is 2.32. The van der Waals surface area contributed by atoms with E-state index in [9.17, 15) is 9.90 Å². The van der Waals surface area contributed by atoms with Crippen molar-refractivity contribution >= 4 is 28.0 Å². The van der Waals surface area contributed by atoms with Crippen LogP contribution in [0.3, 0.4) is 0 Å². The van der Waals surface area contributed by atoms with E-state index in [4.69, 9.17) is 0 Å². The standard InChI is InChI=1S/C28H29N7O2/c1-17-13-19(9-12-29-17)25-22-14-20(7-8-23(22)33-34-25)27(36)32-21-5-3-10-28(37,15-21)16-35-18(2)31-26-24(35)6-4-11-30-26/h4,6-9,11-14,21,37H,3,5,10,15-16H2,1-2H3,(H,32,36)(H,33,34). The summed E-state index contributed by atoms with van der Waals surface area (Å²) in [7, 11) is 0. The van der Waals surface area contributed by atoms with Crippen LogP contribution in [-0.4, -0.2) is 52.4 Å². The maximum Gasteiger partial charge on any atom is 0.251 e. The first kappa shape index (κ1) is 23.3. The number of aliphatic hydroxyl groups is 1. The first-order chi connectivity index (χ1) is 17.9. The molecule has 1 aliphatic rings. The van der Waals surface area contributed by atoms with Gasteiger partial charge in [-0.2, -0.15) is 5.10 Å². The van der Waals surface area contributed by atoms with Gasteiger partial charge in [0.2, 0.25) is 0 Å². The number of aryl methyl sites for hydroxylation is 2. The molecule has 1 aliphatic carbocycles. The minimum absolute atomic E-state index is 0.123. The summed E-state index contributed by atoms with van der Waals surface area (Å²) in [5.41, 5.74) is 4.73. The number of hydrogen-bond acceptors (Lipinski definition) is 6. The third-order valence-electron chi connectivity index (χ3n) is 7.32. The largest absolute Gasteiger partial charge is 0.388 e. The lowest BCUT2D eigenvalue weighted by Gasteiger charge is -2.37. The van der Waals surface area contributed by atoms with Crippen LogP contribution in [0.15, 0.2) is 54.9 Å². The molecule has 6 rings (SSSR count). The van der Waals surface area contributed by atoms with Crippen molar-refractivity contribution in [3.8, 4) is 11.3 Å². The van der Waals surface area contributed by atoms with E-state index in [2.05, 4.69) is 30.5 Å². The maximum atomic E-state index is 13.3. The Morgan fingerprint density at radius 2 is 2.08 bits per heavy atom. The van der Waals surface area contributed by atoms with Crippen LogP contribution >= 0.6 is 0 Å². The van der Waals surface area contributed by atoms with Crippen LogP contribution in [0.5, 0.6) is 0 Å². The molecule has 4 heterocycles. The number of nitrogens with zero attached hydrogens (tertiary/aromatic N) is 5. The number of carbonyl (C=O) groups is 1. The molecule has 4 aromatic heterocycles. The Labute approximate surface area is 214 Å².